The summed E-state index contributed by atoms with van der Waals surface area (Å²) in [5.41, 5.74) is 3.84. The average molecular weight is 437 g/mol. The molecular weight excluding hydrogens is 420 g/mol. The Hall–Kier alpha value is -3.24. The molecular formula is C20H16N6O2S2. The number of hydrogen-bond acceptors (Lipinski definition) is 8. The number of nitrogens with one attached hydrogen (secondary N) is 1. The zero-order chi connectivity index (χ0) is 20.7. The molecule has 0 radical (unpaired) electrons. The van der Waals surface area contributed by atoms with E-state index in [-0.39, 0.29) is 5.56 Å². The minimum Gasteiger partial charge on any atom is -0.464 e. The summed E-state index contributed by atoms with van der Waals surface area (Å²) in [6, 6.07) is 9.70. The van der Waals surface area contributed by atoms with E-state index in [4.69, 9.17) is 4.42 Å². The lowest BCUT2D eigenvalue weighted by molar-refractivity contribution is 0.583. The number of thiophene rings is 1. The maximum Gasteiger partial charge on any atom is 0.260 e. The van der Waals surface area contributed by atoms with Gasteiger partial charge in [0.2, 0.25) is 5.16 Å². The molecule has 5 rings (SSSR count). The lowest BCUT2D eigenvalue weighted by atomic mass is 10.1. The molecule has 4 aromatic heterocycles. The van der Waals surface area contributed by atoms with E-state index >= 15 is 0 Å². The van der Waals surface area contributed by atoms with Crippen molar-refractivity contribution in [2.24, 2.45) is 0 Å². The van der Waals surface area contributed by atoms with Gasteiger partial charge in [-0.1, -0.05) is 17.8 Å². The first-order chi connectivity index (χ1) is 14.6. The Balaban J connectivity index is 1.42. The highest BCUT2D eigenvalue weighted by molar-refractivity contribution is 7.98. The topological polar surface area (TPSA) is 102 Å². The maximum absolute atomic E-state index is 12.7. The molecule has 1 aromatic carbocycles. The second kappa shape index (κ2) is 7.54. The molecule has 0 fully saturated rings. The van der Waals surface area contributed by atoms with Crippen LogP contribution in [0.5, 0.6) is 0 Å². The Morgan fingerprint density at radius 1 is 1.23 bits per heavy atom. The van der Waals surface area contributed by atoms with E-state index in [2.05, 4.69) is 39.3 Å². The van der Waals surface area contributed by atoms with E-state index in [1.54, 1.807) is 17.0 Å². The molecule has 8 nitrogen and oxygen atoms in total. The molecule has 0 spiro atoms. The fraction of sp³-hybridized carbons (Fsp3) is 0.150. The Morgan fingerprint density at radius 2 is 2.13 bits per heavy atom. The van der Waals surface area contributed by atoms with Crippen LogP contribution >= 0.6 is 23.1 Å². The van der Waals surface area contributed by atoms with Gasteiger partial charge in [-0.3, -0.25) is 4.79 Å². The number of furan rings is 1. The van der Waals surface area contributed by atoms with Crippen molar-refractivity contribution in [2.75, 3.05) is 0 Å². The summed E-state index contributed by atoms with van der Waals surface area (Å²) in [5.74, 6) is 1.66. The van der Waals surface area contributed by atoms with Crippen LogP contribution in [0.3, 0.4) is 0 Å². The molecule has 0 saturated carbocycles. The second-order valence-electron chi connectivity index (χ2n) is 6.75. The van der Waals surface area contributed by atoms with Crippen LogP contribution < -0.4 is 5.56 Å². The number of aryl methyl sites for hydroxylation is 2. The minimum absolute atomic E-state index is 0.183. The number of tetrazole rings is 1. The third-order valence-corrected chi connectivity index (χ3v) is 6.60. The molecule has 10 heteroatoms. The van der Waals surface area contributed by atoms with Gasteiger partial charge in [0.05, 0.1) is 23.1 Å². The van der Waals surface area contributed by atoms with E-state index in [0.717, 1.165) is 11.3 Å². The molecule has 0 bridgehead atoms. The standard InChI is InChI=1S/C20H16N6O2S2/c1-11-5-6-13(8-12(11)2)26-20(23-24-25-26)30-10-16-21-18(27)17-14(9-29-19(17)22-16)15-4-3-7-28-15/h3-9H,10H2,1-2H3,(H,21,22,27). The molecule has 0 amide bonds. The monoisotopic (exact) mass is 436 g/mol. The highest BCUT2D eigenvalue weighted by Gasteiger charge is 2.16. The molecule has 0 aliphatic carbocycles. The van der Waals surface area contributed by atoms with Gasteiger partial charge in [-0.25, -0.2) is 4.98 Å². The van der Waals surface area contributed by atoms with Gasteiger partial charge >= 0.3 is 0 Å². The molecule has 150 valence electrons. The molecule has 0 unspecified atom stereocenters. The first-order valence-electron chi connectivity index (χ1n) is 9.13. The summed E-state index contributed by atoms with van der Waals surface area (Å²) in [6.45, 7) is 4.12. The Bertz CT molecular complexity index is 1400. The number of H-pyrrole nitrogens is 1. The van der Waals surface area contributed by atoms with Gasteiger partial charge in [0.25, 0.3) is 5.56 Å². The van der Waals surface area contributed by atoms with Crippen molar-refractivity contribution in [3.05, 3.63) is 69.3 Å². The fourth-order valence-corrected chi connectivity index (χ4v) is 4.80. The Labute approximate surface area is 179 Å². The predicted molar refractivity (Wildman–Crippen MR) is 116 cm³/mol. The van der Waals surface area contributed by atoms with E-state index in [1.807, 2.05) is 29.6 Å². The lowest BCUT2D eigenvalue weighted by Crippen LogP contribution is -2.11. The number of thioether (sulfide) groups is 1. The van der Waals surface area contributed by atoms with Crippen LogP contribution in [0.2, 0.25) is 0 Å². The van der Waals surface area contributed by atoms with Gasteiger partial charge in [0.1, 0.15) is 16.4 Å². The van der Waals surface area contributed by atoms with Crippen molar-refractivity contribution in [3.63, 3.8) is 0 Å². The average Bonchev–Trinajstić information content (AvgIpc) is 3.48. The smallest absolute Gasteiger partial charge is 0.260 e. The molecule has 30 heavy (non-hydrogen) atoms. The predicted octanol–water partition coefficient (Wildman–Crippen LogP) is 4.13. The Morgan fingerprint density at radius 3 is 2.93 bits per heavy atom. The number of rotatable bonds is 5. The van der Waals surface area contributed by atoms with Gasteiger partial charge < -0.3 is 9.40 Å². The summed E-state index contributed by atoms with van der Waals surface area (Å²) >= 11 is 2.83. The minimum atomic E-state index is -0.183. The van der Waals surface area contributed by atoms with E-state index < -0.39 is 0 Å². The fourth-order valence-electron chi connectivity index (χ4n) is 3.10. The zero-order valence-electron chi connectivity index (χ0n) is 16.1. The molecule has 0 aliphatic rings. The van der Waals surface area contributed by atoms with Gasteiger partial charge in [-0.05, 0) is 59.7 Å². The summed E-state index contributed by atoms with van der Waals surface area (Å²) < 4.78 is 7.12. The van der Waals surface area contributed by atoms with Crippen molar-refractivity contribution in [1.29, 1.82) is 0 Å². The molecule has 0 aliphatic heterocycles. The number of aromatic amines is 1. The van der Waals surface area contributed by atoms with Crippen LogP contribution in [0, 0.1) is 13.8 Å². The summed E-state index contributed by atoms with van der Waals surface area (Å²) in [4.78, 5) is 20.9. The lowest BCUT2D eigenvalue weighted by Gasteiger charge is -2.07. The van der Waals surface area contributed by atoms with E-state index in [0.29, 0.717) is 32.7 Å². The van der Waals surface area contributed by atoms with Crippen molar-refractivity contribution >= 4 is 33.3 Å². The van der Waals surface area contributed by atoms with Gasteiger partial charge in [0.15, 0.2) is 0 Å². The number of aromatic nitrogens is 6. The molecule has 4 heterocycles. The quantitative estimate of drug-likeness (QED) is 0.413. The highest BCUT2D eigenvalue weighted by atomic mass is 32.2. The van der Waals surface area contributed by atoms with Crippen LogP contribution in [-0.4, -0.2) is 30.2 Å². The highest BCUT2D eigenvalue weighted by Crippen LogP contribution is 2.31. The van der Waals surface area contributed by atoms with Crippen molar-refractivity contribution in [3.8, 4) is 17.0 Å². The second-order valence-corrected chi connectivity index (χ2v) is 8.55. The Kier molecular flexibility index (Phi) is 4.72. The van der Waals surface area contributed by atoms with Crippen LogP contribution in [0.1, 0.15) is 17.0 Å². The molecule has 0 atom stereocenters. The summed E-state index contributed by atoms with van der Waals surface area (Å²) in [5, 5.41) is 15.1. The van der Waals surface area contributed by atoms with Crippen LogP contribution in [0.15, 0.2) is 56.3 Å². The number of fused-ring (bicyclic) bond motifs is 1. The first-order valence-corrected chi connectivity index (χ1v) is 11.0. The number of hydrogen-bond donors (Lipinski definition) is 1. The molecule has 0 saturated heterocycles. The van der Waals surface area contributed by atoms with Crippen LogP contribution in [-0.2, 0) is 5.75 Å². The van der Waals surface area contributed by atoms with E-state index in [1.165, 1.54) is 34.2 Å². The summed E-state index contributed by atoms with van der Waals surface area (Å²) in [7, 11) is 0. The first kappa shape index (κ1) is 18.8. The van der Waals surface area contributed by atoms with Crippen LogP contribution in [0.4, 0.5) is 0 Å². The third-order valence-electron chi connectivity index (χ3n) is 4.79. The number of nitrogens with zero attached hydrogens (tertiary/aromatic N) is 5. The molecule has 5 aromatic rings. The van der Waals surface area contributed by atoms with Gasteiger partial charge in [0, 0.05) is 10.9 Å². The van der Waals surface area contributed by atoms with Crippen molar-refractivity contribution in [2.45, 2.75) is 24.8 Å². The molecule has 1 N–H and O–H groups in total. The third kappa shape index (κ3) is 3.33. The van der Waals surface area contributed by atoms with Gasteiger partial charge in [-0.15, -0.1) is 16.4 Å². The maximum atomic E-state index is 12.7. The normalized spacial score (nSPS) is 11.4. The van der Waals surface area contributed by atoms with Gasteiger partial charge in [-0.2, -0.15) is 4.68 Å². The number of benzene rings is 1. The van der Waals surface area contributed by atoms with Crippen molar-refractivity contribution in [1.82, 2.24) is 30.2 Å². The SMILES string of the molecule is Cc1ccc(-n2nnnc2SCc2nc3scc(-c4ccco4)c3c(=O)[nH]2)cc1C. The summed E-state index contributed by atoms with van der Waals surface area (Å²) in [6.07, 6.45) is 1.59. The largest absolute Gasteiger partial charge is 0.464 e. The van der Waals surface area contributed by atoms with Crippen molar-refractivity contribution < 1.29 is 4.42 Å². The van der Waals surface area contributed by atoms with E-state index in [9.17, 15) is 4.79 Å². The van der Waals surface area contributed by atoms with Crippen LogP contribution in [0.25, 0.3) is 27.2 Å². The zero-order valence-corrected chi connectivity index (χ0v) is 17.8.